The third-order valence-electron chi connectivity index (χ3n) is 2.52. The van der Waals surface area contributed by atoms with E-state index < -0.39 is 21.5 Å². The van der Waals surface area contributed by atoms with Gasteiger partial charge in [-0.1, -0.05) is 23.7 Å². The zero-order chi connectivity index (χ0) is 15.5. The highest BCUT2D eigenvalue weighted by atomic mass is 35.5. The van der Waals surface area contributed by atoms with E-state index in [-0.39, 0.29) is 5.75 Å². The van der Waals surface area contributed by atoms with E-state index in [1.54, 1.807) is 36.6 Å². The molecule has 112 valence electrons. The number of halogens is 1. The highest BCUT2D eigenvalue weighted by Crippen LogP contribution is 2.15. The fourth-order valence-electron chi connectivity index (χ4n) is 1.65. The lowest BCUT2D eigenvalue weighted by atomic mass is 10.2. The number of carbonyl (C=O) groups is 1. The Labute approximate surface area is 131 Å². The number of anilines is 1. The molecule has 1 amide bonds. The van der Waals surface area contributed by atoms with Gasteiger partial charge in [0.05, 0.1) is 11.4 Å². The lowest BCUT2D eigenvalue weighted by Gasteiger charge is -2.05. The number of carbonyl (C=O) groups excluding carboxylic acids is 1. The van der Waals surface area contributed by atoms with E-state index in [0.29, 0.717) is 15.7 Å². The maximum atomic E-state index is 12.0. The highest BCUT2D eigenvalue weighted by Gasteiger charge is 2.18. The van der Waals surface area contributed by atoms with Crippen molar-refractivity contribution in [2.45, 2.75) is 12.7 Å². The van der Waals surface area contributed by atoms with Gasteiger partial charge in [0.25, 0.3) is 0 Å². The molecule has 1 aromatic carbocycles. The van der Waals surface area contributed by atoms with Crippen molar-refractivity contribution in [2.24, 2.45) is 0 Å². The van der Waals surface area contributed by atoms with E-state index in [0.717, 1.165) is 5.69 Å². The molecule has 21 heavy (non-hydrogen) atoms. The second-order valence-electron chi connectivity index (χ2n) is 4.50. The molecule has 0 aliphatic rings. The van der Waals surface area contributed by atoms with Gasteiger partial charge in [-0.3, -0.25) is 4.79 Å². The van der Waals surface area contributed by atoms with Gasteiger partial charge in [-0.15, -0.1) is 11.3 Å². The van der Waals surface area contributed by atoms with Gasteiger partial charge in [0.15, 0.2) is 15.0 Å². The Hall–Kier alpha value is -1.44. The van der Waals surface area contributed by atoms with Crippen LogP contribution in [0, 0.1) is 6.92 Å². The first kappa shape index (κ1) is 15.9. The fraction of sp³-hybridized carbons (Fsp3) is 0.231. The number of sulfone groups is 1. The van der Waals surface area contributed by atoms with Crippen LogP contribution in [-0.4, -0.2) is 25.1 Å². The van der Waals surface area contributed by atoms with Crippen molar-refractivity contribution < 1.29 is 13.2 Å². The van der Waals surface area contributed by atoms with Gasteiger partial charge in [0, 0.05) is 10.4 Å². The van der Waals surface area contributed by atoms with Crippen LogP contribution in [0.25, 0.3) is 0 Å². The van der Waals surface area contributed by atoms with Crippen molar-refractivity contribution >= 4 is 43.8 Å². The summed E-state index contributed by atoms with van der Waals surface area (Å²) in [4.78, 5) is 15.8. The summed E-state index contributed by atoms with van der Waals surface area (Å²) in [5.41, 5.74) is 1.37. The van der Waals surface area contributed by atoms with Crippen LogP contribution in [0.1, 0.15) is 11.3 Å². The maximum absolute atomic E-state index is 12.0. The number of aromatic nitrogens is 1. The molecule has 0 aliphatic heterocycles. The molecule has 0 radical (unpaired) electrons. The van der Waals surface area contributed by atoms with Gasteiger partial charge in [-0.2, -0.15) is 0 Å². The van der Waals surface area contributed by atoms with Crippen LogP contribution in [-0.2, 0) is 20.4 Å². The van der Waals surface area contributed by atoms with Crippen LogP contribution in [0.2, 0.25) is 5.02 Å². The number of hydrogen-bond donors (Lipinski definition) is 1. The number of hydrogen-bond acceptors (Lipinski definition) is 5. The van der Waals surface area contributed by atoms with Crippen molar-refractivity contribution in [3.8, 4) is 0 Å². The standard InChI is InChI=1S/C13H13ClN2O3S2/c1-9-6-20-13(15-9)16-12(17)8-21(18,19)7-10-2-4-11(14)5-3-10/h2-6H,7-8H2,1H3,(H,15,16,17). The summed E-state index contributed by atoms with van der Waals surface area (Å²) < 4.78 is 24.0. The van der Waals surface area contributed by atoms with Crippen LogP contribution in [0.5, 0.6) is 0 Å². The van der Waals surface area contributed by atoms with E-state index in [4.69, 9.17) is 11.6 Å². The van der Waals surface area contributed by atoms with Crippen molar-refractivity contribution in [1.29, 1.82) is 0 Å². The molecule has 0 bridgehead atoms. The van der Waals surface area contributed by atoms with Crippen LogP contribution in [0.15, 0.2) is 29.6 Å². The second-order valence-corrected chi connectivity index (χ2v) is 7.86. The Morgan fingerprint density at radius 2 is 2.00 bits per heavy atom. The SMILES string of the molecule is Cc1csc(NC(=O)CS(=O)(=O)Cc2ccc(Cl)cc2)n1. The number of amides is 1. The van der Waals surface area contributed by atoms with Crippen molar-refractivity contribution in [3.05, 3.63) is 45.9 Å². The van der Waals surface area contributed by atoms with Gasteiger partial charge in [-0.25, -0.2) is 13.4 Å². The number of nitrogens with zero attached hydrogens (tertiary/aromatic N) is 1. The lowest BCUT2D eigenvalue weighted by Crippen LogP contribution is -2.23. The summed E-state index contributed by atoms with van der Waals surface area (Å²) >= 11 is 7.00. The average Bonchev–Trinajstić information content (AvgIpc) is 2.76. The average molecular weight is 345 g/mol. The van der Waals surface area contributed by atoms with Crippen molar-refractivity contribution in [1.82, 2.24) is 4.98 Å². The van der Waals surface area contributed by atoms with Gasteiger partial charge >= 0.3 is 0 Å². The molecular weight excluding hydrogens is 332 g/mol. The molecule has 1 aromatic heterocycles. The first-order valence-electron chi connectivity index (χ1n) is 6.01. The van der Waals surface area contributed by atoms with E-state index in [1.165, 1.54) is 11.3 Å². The molecule has 0 atom stereocenters. The molecule has 0 fully saturated rings. The third kappa shape index (κ3) is 5.11. The van der Waals surface area contributed by atoms with E-state index >= 15 is 0 Å². The minimum atomic E-state index is -3.54. The first-order chi connectivity index (χ1) is 9.84. The number of rotatable bonds is 5. The van der Waals surface area contributed by atoms with Crippen LogP contribution < -0.4 is 5.32 Å². The maximum Gasteiger partial charge on any atom is 0.241 e. The summed E-state index contributed by atoms with van der Waals surface area (Å²) in [6, 6.07) is 6.49. The molecular formula is C13H13ClN2O3S2. The summed E-state index contributed by atoms with van der Waals surface area (Å²) in [6.07, 6.45) is 0. The molecule has 8 heteroatoms. The summed E-state index contributed by atoms with van der Waals surface area (Å²) in [7, 11) is -3.54. The first-order valence-corrected chi connectivity index (χ1v) is 9.09. The quantitative estimate of drug-likeness (QED) is 0.904. The summed E-state index contributed by atoms with van der Waals surface area (Å²) in [6.45, 7) is 1.80. The summed E-state index contributed by atoms with van der Waals surface area (Å²) in [5, 5.41) is 5.19. The van der Waals surface area contributed by atoms with E-state index in [2.05, 4.69) is 10.3 Å². The number of thiazole rings is 1. The molecule has 0 saturated heterocycles. The molecule has 1 N–H and O–H groups in total. The van der Waals surface area contributed by atoms with Crippen LogP contribution >= 0.6 is 22.9 Å². The van der Waals surface area contributed by atoms with E-state index in [1.807, 2.05) is 0 Å². The van der Waals surface area contributed by atoms with Crippen LogP contribution in [0.3, 0.4) is 0 Å². The Bertz CT molecular complexity index is 739. The van der Waals surface area contributed by atoms with Crippen molar-refractivity contribution in [3.63, 3.8) is 0 Å². The summed E-state index contributed by atoms with van der Waals surface area (Å²) in [5.74, 6) is -1.36. The Morgan fingerprint density at radius 1 is 1.33 bits per heavy atom. The molecule has 1 heterocycles. The normalized spacial score (nSPS) is 11.3. The Morgan fingerprint density at radius 3 is 2.57 bits per heavy atom. The molecule has 5 nitrogen and oxygen atoms in total. The Balaban J connectivity index is 1.97. The molecule has 2 rings (SSSR count). The van der Waals surface area contributed by atoms with Gasteiger partial charge < -0.3 is 5.32 Å². The van der Waals surface area contributed by atoms with Crippen molar-refractivity contribution in [2.75, 3.05) is 11.1 Å². The molecule has 2 aromatic rings. The van der Waals surface area contributed by atoms with E-state index in [9.17, 15) is 13.2 Å². The zero-order valence-electron chi connectivity index (χ0n) is 11.2. The molecule has 0 saturated carbocycles. The topological polar surface area (TPSA) is 76.1 Å². The number of aryl methyl sites for hydroxylation is 1. The molecule has 0 spiro atoms. The molecule has 0 aliphatic carbocycles. The zero-order valence-corrected chi connectivity index (χ0v) is 13.6. The van der Waals surface area contributed by atoms with Gasteiger partial charge in [0.1, 0.15) is 5.75 Å². The number of benzene rings is 1. The minimum Gasteiger partial charge on any atom is -0.301 e. The van der Waals surface area contributed by atoms with Crippen LogP contribution in [0.4, 0.5) is 5.13 Å². The molecule has 0 unspecified atom stereocenters. The third-order valence-corrected chi connectivity index (χ3v) is 5.12. The highest BCUT2D eigenvalue weighted by molar-refractivity contribution is 7.91. The second kappa shape index (κ2) is 6.55. The van der Waals surface area contributed by atoms with Gasteiger partial charge in [0.2, 0.25) is 5.91 Å². The smallest absolute Gasteiger partial charge is 0.241 e. The predicted octanol–water partition coefficient (Wildman–Crippen LogP) is 2.66. The fourth-order valence-corrected chi connectivity index (χ4v) is 3.76. The van der Waals surface area contributed by atoms with Gasteiger partial charge in [-0.05, 0) is 24.6 Å². The monoisotopic (exact) mass is 344 g/mol. The minimum absolute atomic E-state index is 0.200. The lowest BCUT2D eigenvalue weighted by molar-refractivity contribution is -0.113. The largest absolute Gasteiger partial charge is 0.301 e. The predicted molar refractivity (Wildman–Crippen MR) is 84.4 cm³/mol. The number of nitrogens with one attached hydrogen (secondary N) is 1. The Kier molecular flexibility index (Phi) is 4.97.